The van der Waals surface area contributed by atoms with Crippen LogP contribution in [0.3, 0.4) is 0 Å². The van der Waals surface area contributed by atoms with E-state index in [4.69, 9.17) is 9.40 Å². The number of hydrogen-bond donors (Lipinski definition) is 0. The van der Waals surface area contributed by atoms with E-state index in [0.29, 0.717) is 5.71 Å². The summed E-state index contributed by atoms with van der Waals surface area (Å²) in [4.78, 5) is 5.01. The van der Waals surface area contributed by atoms with Crippen LogP contribution in [0.5, 0.6) is 0 Å². The number of nitrogens with zero attached hydrogens (tertiary/aromatic N) is 2. The van der Waals surface area contributed by atoms with Gasteiger partial charge in [0.05, 0.1) is 16.5 Å². The number of aromatic nitrogens is 2. The summed E-state index contributed by atoms with van der Waals surface area (Å²) in [5.41, 5.74) is 8.67. The Kier molecular flexibility index (Phi) is 4.11. The molecule has 4 aromatic carbocycles. The number of pyridine rings is 2. The van der Waals surface area contributed by atoms with Crippen LogP contribution < -0.4 is 4.57 Å². The molecule has 0 amide bonds. The van der Waals surface area contributed by atoms with Gasteiger partial charge in [0.15, 0.2) is 6.20 Å². The van der Waals surface area contributed by atoms with E-state index in [1.54, 1.807) is 0 Å². The molecule has 0 saturated carbocycles. The molecule has 0 N–H and O–H groups in total. The van der Waals surface area contributed by atoms with E-state index in [0.717, 1.165) is 27.4 Å². The summed E-state index contributed by atoms with van der Waals surface area (Å²) in [5, 5.41) is 8.26. The molecule has 7 rings (SSSR count). The largest absolute Gasteiger partial charge is 0.437 e. The number of hydrogen-bond acceptors (Lipinski definition) is 2. The van der Waals surface area contributed by atoms with Crippen LogP contribution in [-0.2, 0) is 7.05 Å². The van der Waals surface area contributed by atoms with Crippen molar-refractivity contribution >= 4 is 54.5 Å². The van der Waals surface area contributed by atoms with Crippen LogP contribution in [0.4, 0.5) is 0 Å². The van der Waals surface area contributed by atoms with E-state index in [1.165, 1.54) is 49.3 Å². The molecule has 0 atom stereocenters. The maximum absolute atomic E-state index is 6.61. The molecule has 3 aromatic heterocycles. The zero-order valence-corrected chi connectivity index (χ0v) is 20.3. The van der Waals surface area contributed by atoms with Crippen LogP contribution in [0, 0.1) is 20.8 Å². The van der Waals surface area contributed by atoms with Crippen molar-refractivity contribution in [1.82, 2.24) is 4.98 Å². The Hall–Kier alpha value is -4.24. The Balaban J connectivity index is 1.65. The van der Waals surface area contributed by atoms with Gasteiger partial charge in [0.1, 0.15) is 12.6 Å². The molecule has 0 unspecified atom stereocenters. The summed E-state index contributed by atoms with van der Waals surface area (Å²) in [6.07, 6.45) is 2.12. The second kappa shape index (κ2) is 7.13. The molecule has 0 bridgehead atoms. The SMILES string of the molecule is Cc1cccc(C)c1-c1ccc2c(n1)oc1c2ccc2c3cccc(C)c3c3c(ccc[n+]3C)c21. The lowest BCUT2D eigenvalue weighted by Crippen LogP contribution is -2.28. The highest BCUT2D eigenvalue weighted by Gasteiger charge is 2.21. The molecular formula is C32H25N2O+. The lowest BCUT2D eigenvalue weighted by atomic mass is 9.93. The van der Waals surface area contributed by atoms with Crippen LogP contribution in [0.1, 0.15) is 16.7 Å². The zero-order valence-electron chi connectivity index (χ0n) is 20.3. The van der Waals surface area contributed by atoms with Crippen molar-refractivity contribution in [3.63, 3.8) is 0 Å². The highest BCUT2D eigenvalue weighted by molar-refractivity contribution is 6.31. The smallest absolute Gasteiger partial charge is 0.227 e. The van der Waals surface area contributed by atoms with Crippen LogP contribution in [0.25, 0.3) is 65.8 Å². The first-order valence-electron chi connectivity index (χ1n) is 12.0. The molecule has 3 heterocycles. The van der Waals surface area contributed by atoms with Crippen molar-refractivity contribution < 1.29 is 8.98 Å². The van der Waals surface area contributed by atoms with E-state index in [-0.39, 0.29) is 0 Å². The monoisotopic (exact) mass is 453 g/mol. The summed E-state index contributed by atoms with van der Waals surface area (Å²) < 4.78 is 8.84. The lowest BCUT2D eigenvalue weighted by Gasteiger charge is -2.10. The molecule has 3 nitrogen and oxygen atoms in total. The summed E-state index contributed by atoms with van der Waals surface area (Å²) >= 11 is 0. The third-order valence-corrected chi connectivity index (χ3v) is 7.49. The summed E-state index contributed by atoms with van der Waals surface area (Å²) in [6.45, 7) is 6.47. The van der Waals surface area contributed by atoms with E-state index < -0.39 is 0 Å². The van der Waals surface area contributed by atoms with Gasteiger partial charge in [-0.3, -0.25) is 0 Å². The first-order chi connectivity index (χ1) is 17.0. The van der Waals surface area contributed by atoms with Crippen molar-refractivity contribution in [3.8, 4) is 11.3 Å². The Morgan fingerprint density at radius 2 is 1.29 bits per heavy atom. The third kappa shape index (κ3) is 2.72. The minimum Gasteiger partial charge on any atom is -0.437 e. The van der Waals surface area contributed by atoms with Crippen molar-refractivity contribution in [2.75, 3.05) is 0 Å². The zero-order chi connectivity index (χ0) is 23.8. The average molecular weight is 454 g/mol. The first kappa shape index (κ1) is 20.2. The van der Waals surface area contributed by atoms with Gasteiger partial charge in [0.25, 0.3) is 0 Å². The van der Waals surface area contributed by atoms with Gasteiger partial charge in [-0.2, -0.15) is 0 Å². The van der Waals surface area contributed by atoms with Crippen LogP contribution in [0.2, 0.25) is 0 Å². The average Bonchev–Trinajstić information content (AvgIpc) is 3.22. The third-order valence-electron chi connectivity index (χ3n) is 7.49. The molecule has 0 saturated heterocycles. The fourth-order valence-electron chi connectivity index (χ4n) is 5.90. The predicted molar refractivity (Wildman–Crippen MR) is 145 cm³/mol. The van der Waals surface area contributed by atoms with Gasteiger partial charge in [-0.25, -0.2) is 9.55 Å². The lowest BCUT2D eigenvalue weighted by molar-refractivity contribution is -0.644. The second-order valence-corrected chi connectivity index (χ2v) is 9.66. The Bertz CT molecular complexity index is 1980. The molecule has 0 spiro atoms. The second-order valence-electron chi connectivity index (χ2n) is 9.66. The van der Waals surface area contributed by atoms with Gasteiger partial charge in [-0.05, 0) is 72.5 Å². The summed E-state index contributed by atoms with van der Waals surface area (Å²) in [7, 11) is 2.12. The van der Waals surface area contributed by atoms with Crippen LogP contribution in [-0.4, -0.2) is 4.98 Å². The Morgan fingerprint density at radius 3 is 2.11 bits per heavy atom. The first-order valence-corrected chi connectivity index (χ1v) is 12.0. The normalized spacial score (nSPS) is 12.0. The highest BCUT2D eigenvalue weighted by atomic mass is 16.3. The van der Waals surface area contributed by atoms with E-state index >= 15 is 0 Å². The molecule has 168 valence electrons. The molecule has 0 aliphatic rings. The summed E-state index contributed by atoms with van der Waals surface area (Å²) in [5.74, 6) is 0. The van der Waals surface area contributed by atoms with E-state index in [9.17, 15) is 0 Å². The van der Waals surface area contributed by atoms with Crippen LogP contribution >= 0.6 is 0 Å². The maximum Gasteiger partial charge on any atom is 0.227 e. The molecule has 7 aromatic rings. The highest BCUT2D eigenvalue weighted by Crippen LogP contribution is 2.41. The molecule has 0 radical (unpaired) electrons. The van der Waals surface area contributed by atoms with Gasteiger partial charge in [0, 0.05) is 27.8 Å². The molecule has 3 heteroatoms. The fraction of sp³-hybridized carbons (Fsp3) is 0.125. The van der Waals surface area contributed by atoms with Gasteiger partial charge in [0.2, 0.25) is 11.2 Å². The minimum atomic E-state index is 0.686. The van der Waals surface area contributed by atoms with Gasteiger partial charge in [-0.15, -0.1) is 0 Å². The van der Waals surface area contributed by atoms with Crippen molar-refractivity contribution in [2.45, 2.75) is 20.8 Å². The van der Waals surface area contributed by atoms with Crippen molar-refractivity contribution in [1.29, 1.82) is 0 Å². The van der Waals surface area contributed by atoms with E-state index in [1.807, 2.05) is 0 Å². The number of benzene rings is 4. The number of furan rings is 1. The van der Waals surface area contributed by atoms with E-state index in [2.05, 4.69) is 111 Å². The molecule has 0 aliphatic carbocycles. The Labute approximate surface area is 203 Å². The number of fused-ring (bicyclic) bond motifs is 10. The quantitative estimate of drug-likeness (QED) is 0.187. The van der Waals surface area contributed by atoms with Crippen molar-refractivity contribution in [3.05, 3.63) is 95.7 Å². The van der Waals surface area contributed by atoms with Gasteiger partial charge in [-0.1, -0.05) is 42.5 Å². The van der Waals surface area contributed by atoms with Gasteiger partial charge >= 0.3 is 0 Å². The minimum absolute atomic E-state index is 0.686. The number of rotatable bonds is 1. The molecular weight excluding hydrogens is 428 g/mol. The fourth-order valence-corrected chi connectivity index (χ4v) is 5.90. The maximum atomic E-state index is 6.61. The molecule has 0 aliphatic heterocycles. The Morgan fingerprint density at radius 1 is 0.629 bits per heavy atom. The van der Waals surface area contributed by atoms with Crippen LogP contribution in [0.15, 0.2) is 83.4 Å². The predicted octanol–water partition coefficient (Wildman–Crippen LogP) is 7.86. The standard InChI is InChI=1S/C32H25N2O/c1-18-8-5-9-19(2)27(18)26-16-15-24-23-14-13-22-21-11-6-10-20(3)28(21)30-25(12-7-17-34(30)4)29(22)31(23)35-32(24)33-26/h5-17H,1-4H3/q+1. The summed E-state index contributed by atoms with van der Waals surface area (Å²) in [6, 6.07) is 26.0. The van der Waals surface area contributed by atoms with Crippen molar-refractivity contribution in [2.24, 2.45) is 7.05 Å². The topological polar surface area (TPSA) is 29.9 Å². The molecule has 0 fully saturated rings. The van der Waals surface area contributed by atoms with Gasteiger partial charge < -0.3 is 4.42 Å². The molecule has 35 heavy (non-hydrogen) atoms. The number of aryl methyl sites for hydroxylation is 4.